The number of benzene rings is 1. The summed E-state index contributed by atoms with van der Waals surface area (Å²) in [5.41, 5.74) is 1.04. The van der Waals surface area contributed by atoms with Crippen molar-refractivity contribution in [1.82, 2.24) is 10.2 Å². The first kappa shape index (κ1) is 15.1. The van der Waals surface area contributed by atoms with Gasteiger partial charge in [0.25, 0.3) is 0 Å². The maximum atomic E-state index is 12.2. The van der Waals surface area contributed by atoms with Crippen LogP contribution in [0.3, 0.4) is 0 Å². The van der Waals surface area contributed by atoms with Crippen LogP contribution < -0.4 is 10.1 Å². The minimum Gasteiger partial charge on any atom is -0.496 e. The summed E-state index contributed by atoms with van der Waals surface area (Å²) in [7, 11) is 1.67. The molecule has 1 aromatic rings. The lowest BCUT2D eigenvalue weighted by atomic mass is 10.1. The first-order valence-electron chi connectivity index (χ1n) is 7.14. The predicted octanol–water partition coefficient (Wildman–Crippen LogP) is 1.97. The Balaban J connectivity index is 1.78. The van der Waals surface area contributed by atoms with Gasteiger partial charge in [-0.05, 0) is 6.07 Å². The Morgan fingerprint density at radius 2 is 2.24 bits per heavy atom. The standard InChI is InChI=1S/C15H20N2O2S2/c1-19-13-5-3-2-4-12(13)15-16-8-14(18)17(15)9-11-10-20-6-7-21-11/h2-5,11,15-16H,6-10H2,1H3. The number of nitrogens with zero attached hydrogens (tertiary/aromatic N) is 1. The molecule has 4 nitrogen and oxygen atoms in total. The van der Waals surface area contributed by atoms with Crippen LogP contribution >= 0.6 is 23.5 Å². The van der Waals surface area contributed by atoms with Gasteiger partial charge in [-0.25, -0.2) is 0 Å². The third-order valence-electron chi connectivity index (χ3n) is 3.80. The fourth-order valence-corrected chi connectivity index (χ4v) is 5.44. The van der Waals surface area contributed by atoms with E-state index >= 15 is 0 Å². The predicted molar refractivity (Wildman–Crippen MR) is 89.0 cm³/mol. The second-order valence-electron chi connectivity index (χ2n) is 5.14. The van der Waals surface area contributed by atoms with E-state index in [4.69, 9.17) is 4.74 Å². The average molecular weight is 324 g/mol. The van der Waals surface area contributed by atoms with Crippen LogP contribution in [0.25, 0.3) is 0 Å². The molecule has 1 amide bonds. The Morgan fingerprint density at radius 1 is 1.38 bits per heavy atom. The van der Waals surface area contributed by atoms with Crippen molar-refractivity contribution in [3.8, 4) is 5.75 Å². The van der Waals surface area contributed by atoms with Gasteiger partial charge in [-0.3, -0.25) is 10.1 Å². The van der Waals surface area contributed by atoms with E-state index in [1.807, 2.05) is 52.7 Å². The molecule has 1 N–H and O–H groups in total. The number of nitrogens with one attached hydrogen (secondary N) is 1. The second-order valence-corrected chi connectivity index (χ2v) is 7.70. The highest BCUT2D eigenvalue weighted by molar-refractivity contribution is 8.06. The van der Waals surface area contributed by atoms with E-state index in [0.29, 0.717) is 11.8 Å². The zero-order valence-electron chi connectivity index (χ0n) is 12.1. The highest BCUT2D eigenvalue weighted by atomic mass is 32.2. The molecule has 0 aromatic heterocycles. The Labute approximate surface area is 134 Å². The Kier molecular flexibility index (Phi) is 4.98. The van der Waals surface area contributed by atoms with Gasteiger partial charge in [-0.15, -0.1) is 0 Å². The van der Waals surface area contributed by atoms with Gasteiger partial charge in [0.2, 0.25) is 5.91 Å². The number of thioether (sulfide) groups is 2. The van der Waals surface area contributed by atoms with Crippen LogP contribution in [0.15, 0.2) is 24.3 Å². The highest BCUT2D eigenvalue weighted by Crippen LogP contribution is 2.32. The minimum absolute atomic E-state index is 0.0684. The van der Waals surface area contributed by atoms with Crippen LogP contribution in [-0.2, 0) is 4.79 Å². The van der Waals surface area contributed by atoms with Crippen LogP contribution in [0.4, 0.5) is 0 Å². The van der Waals surface area contributed by atoms with E-state index in [-0.39, 0.29) is 12.1 Å². The van der Waals surface area contributed by atoms with Crippen molar-refractivity contribution in [2.75, 3.05) is 37.5 Å². The van der Waals surface area contributed by atoms with E-state index in [0.717, 1.165) is 23.6 Å². The number of para-hydroxylation sites is 1. The maximum Gasteiger partial charge on any atom is 0.238 e. The summed E-state index contributed by atoms with van der Waals surface area (Å²) in [6, 6.07) is 7.93. The lowest BCUT2D eigenvalue weighted by molar-refractivity contribution is -0.128. The van der Waals surface area contributed by atoms with Gasteiger partial charge < -0.3 is 9.64 Å². The number of ether oxygens (including phenoxy) is 1. The molecule has 2 saturated heterocycles. The second kappa shape index (κ2) is 6.94. The lowest BCUT2D eigenvalue weighted by Gasteiger charge is -2.30. The summed E-state index contributed by atoms with van der Waals surface area (Å²) < 4.78 is 5.44. The first-order chi connectivity index (χ1) is 10.3. The van der Waals surface area contributed by atoms with Crippen LogP contribution in [0.2, 0.25) is 0 Å². The van der Waals surface area contributed by atoms with E-state index < -0.39 is 0 Å². The molecule has 2 atom stereocenters. The Hall–Kier alpha value is -0.850. The summed E-state index contributed by atoms with van der Waals surface area (Å²) in [5, 5.41) is 3.85. The average Bonchev–Trinajstić information content (AvgIpc) is 2.89. The van der Waals surface area contributed by atoms with Crippen molar-refractivity contribution < 1.29 is 9.53 Å². The maximum absolute atomic E-state index is 12.2. The third kappa shape index (κ3) is 3.33. The largest absolute Gasteiger partial charge is 0.496 e. The van der Waals surface area contributed by atoms with Crippen molar-refractivity contribution in [3.63, 3.8) is 0 Å². The monoisotopic (exact) mass is 324 g/mol. The zero-order chi connectivity index (χ0) is 14.7. The molecular weight excluding hydrogens is 304 g/mol. The molecule has 114 valence electrons. The summed E-state index contributed by atoms with van der Waals surface area (Å²) >= 11 is 3.97. The first-order valence-corrected chi connectivity index (χ1v) is 9.35. The number of amides is 1. The quantitative estimate of drug-likeness (QED) is 0.917. The van der Waals surface area contributed by atoms with Crippen LogP contribution in [0, 0.1) is 0 Å². The van der Waals surface area contributed by atoms with Gasteiger partial charge >= 0.3 is 0 Å². The smallest absolute Gasteiger partial charge is 0.238 e. The van der Waals surface area contributed by atoms with Crippen LogP contribution in [0.5, 0.6) is 5.75 Å². The van der Waals surface area contributed by atoms with Gasteiger partial charge in [-0.2, -0.15) is 23.5 Å². The van der Waals surface area contributed by atoms with Gasteiger partial charge in [0.1, 0.15) is 11.9 Å². The summed E-state index contributed by atoms with van der Waals surface area (Å²) in [6.07, 6.45) is -0.0684. The molecule has 2 unspecified atom stereocenters. The van der Waals surface area contributed by atoms with Crippen LogP contribution in [-0.4, -0.2) is 53.5 Å². The molecule has 3 rings (SSSR count). The van der Waals surface area contributed by atoms with Crippen molar-refractivity contribution in [1.29, 1.82) is 0 Å². The van der Waals surface area contributed by atoms with Crippen molar-refractivity contribution in [2.24, 2.45) is 0 Å². The Morgan fingerprint density at radius 3 is 3.00 bits per heavy atom. The van der Waals surface area contributed by atoms with Crippen molar-refractivity contribution in [3.05, 3.63) is 29.8 Å². The molecule has 6 heteroatoms. The molecule has 0 saturated carbocycles. The van der Waals surface area contributed by atoms with Gasteiger partial charge in [0.05, 0.1) is 13.7 Å². The molecule has 0 bridgehead atoms. The molecule has 21 heavy (non-hydrogen) atoms. The van der Waals surface area contributed by atoms with E-state index in [1.165, 1.54) is 11.5 Å². The summed E-state index contributed by atoms with van der Waals surface area (Å²) in [5.74, 6) is 4.56. The molecule has 1 aromatic carbocycles. The molecule has 2 fully saturated rings. The van der Waals surface area contributed by atoms with Gasteiger partial charge in [0, 0.05) is 34.6 Å². The van der Waals surface area contributed by atoms with Crippen molar-refractivity contribution >= 4 is 29.4 Å². The van der Waals surface area contributed by atoms with E-state index in [2.05, 4.69) is 5.32 Å². The van der Waals surface area contributed by atoms with Gasteiger partial charge in [-0.1, -0.05) is 18.2 Å². The number of carbonyl (C=O) groups excluding carboxylic acids is 1. The zero-order valence-corrected chi connectivity index (χ0v) is 13.7. The number of hydrogen-bond donors (Lipinski definition) is 1. The highest BCUT2D eigenvalue weighted by Gasteiger charge is 2.35. The summed E-state index contributed by atoms with van der Waals surface area (Å²) in [6.45, 7) is 1.22. The fourth-order valence-electron chi connectivity index (χ4n) is 2.78. The molecule has 2 aliphatic rings. The lowest BCUT2D eigenvalue weighted by Crippen LogP contribution is -2.37. The molecule has 0 aliphatic carbocycles. The topological polar surface area (TPSA) is 41.6 Å². The van der Waals surface area contributed by atoms with E-state index in [1.54, 1.807) is 7.11 Å². The third-order valence-corrected chi connectivity index (χ3v) is 6.62. The SMILES string of the molecule is COc1ccccc1C1NCC(=O)N1CC1CSCCS1. The summed E-state index contributed by atoms with van der Waals surface area (Å²) in [4.78, 5) is 14.2. The fraction of sp³-hybridized carbons (Fsp3) is 0.533. The number of rotatable bonds is 4. The van der Waals surface area contributed by atoms with Crippen LogP contribution in [0.1, 0.15) is 11.7 Å². The molecule has 2 aliphatic heterocycles. The molecule has 0 spiro atoms. The molecule has 2 heterocycles. The molecular formula is C15H20N2O2S2. The van der Waals surface area contributed by atoms with Gasteiger partial charge in [0.15, 0.2) is 0 Å². The minimum atomic E-state index is -0.0684. The van der Waals surface area contributed by atoms with E-state index in [9.17, 15) is 4.79 Å². The number of hydrogen-bond acceptors (Lipinski definition) is 5. The Bertz CT molecular complexity index is 506. The molecule has 0 radical (unpaired) electrons. The van der Waals surface area contributed by atoms with Crippen molar-refractivity contribution in [2.45, 2.75) is 11.4 Å². The number of carbonyl (C=O) groups is 1. The normalized spacial score (nSPS) is 26.1. The number of methoxy groups -OCH3 is 1.